The van der Waals surface area contributed by atoms with Crippen LogP contribution in [0, 0.1) is 0 Å². The van der Waals surface area contributed by atoms with Crippen molar-refractivity contribution in [1.82, 2.24) is 10.3 Å². The number of rotatable bonds is 4. The first-order valence-electron chi connectivity index (χ1n) is 4.28. The van der Waals surface area contributed by atoms with Gasteiger partial charge in [0, 0.05) is 23.6 Å². The molecule has 1 aromatic rings. The van der Waals surface area contributed by atoms with Crippen molar-refractivity contribution in [3.63, 3.8) is 0 Å². The molecule has 2 N–H and O–H groups in total. The van der Waals surface area contributed by atoms with Crippen LogP contribution < -0.4 is 10.6 Å². The third-order valence-electron chi connectivity index (χ3n) is 1.59. The Bertz CT molecular complexity index is 317. The first kappa shape index (κ1) is 11.1. The highest BCUT2D eigenvalue weighted by Gasteiger charge is 2.01. The molecule has 0 saturated heterocycles. The van der Waals surface area contributed by atoms with Gasteiger partial charge in [-0.1, -0.05) is 15.9 Å². The summed E-state index contributed by atoms with van der Waals surface area (Å²) in [6.45, 7) is 0.667. The molecule has 1 rings (SSSR count). The molecule has 1 heterocycles. The second kappa shape index (κ2) is 5.72. The Hall–Kier alpha value is -0.940. The Morgan fingerprint density at radius 3 is 3.07 bits per heavy atom. The average molecular weight is 258 g/mol. The fraction of sp³-hybridized carbons (Fsp3) is 0.333. The van der Waals surface area contributed by atoms with E-state index in [1.54, 1.807) is 12.3 Å². The van der Waals surface area contributed by atoms with Gasteiger partial charge in [0.15, 0.2) is 0 Å². The number of carbonyl (C=O) groups excluding carboxylic acids is 1. The highest BCUT2D eigenvalue weighted by atomic mass is 79.9. The average Bonchev–Trinajstić information content (AvgIpc) is 2.15. The predicted molar refractivity (Wildman–Crippen MR) is 59.1 cm³/mol. The van der Waals surface area contributed by atoms with Crippen molar-refractivity contribution in [3.05, 3.63) is 22.8 Å². The van der Waals surface area contributed by atoms with Crippen LogP contribution in [0.2, 0.25) is 0 Å². The molecule has 1 aromatic heterocycles. The molecule has 0 aliphatic heterocycles. The summed E-state index contributed by atoms with van der Waals surface area (Å²) >= 11 is 3.30. The minimum Gasteiger partial charge on any atom is -0.319 e. The normalized spacial score (nSPS) is 9.86. The van der Waals surface area contributed by atoms with Crippen molar-refractivity contribution in [2.45, 2.75) is 6.42 Å². The molecule has 0 unspecified atom stereocenters. The van der Waals surface area contributed by atoms with Crippen molar-refractivity contribution < 1.29 is 4.79 Å². The van der Waals surface area contributed by atoms with Gasteiger partial charge < -0.3 is 10.6 Å². The first-order valence-corrected chi connectivity index (χ1v) is 5.07. The Balaban J connectivity index is 2.47. The van der Waals surface area contributed by atoms with Gasteiger partial charge in [-0.25, -0.2) is 4.98 Å². The second-order valence-corrected chi connectivity index (χ2v) is 3.68. The zero-order valence-corrected chi connectivity index (χ0v) is 9.47. The van der Waals surface area contributed by atoms with Crippen molar-refractivity contribution >= 4 is 27.7 Å². The molecule has 0 aliphatic rings. The molecule has 14 heavy (non-hydrogen) atoms. The number of nitrogens with zero attached hydrogens (tertiary/aromatic N) is 1. The molecule has 76 valence electrons. The summed E-state index contributed by atoms with van der Waals surface area (Å²) in [5.74, 6) is 0.533. The summed E-state index contributed by atoms with van der Waals surface area (Å²) in [5.41, 5.74) is 0. The highest BCUT2D eigenvalue weighted by molar-refractivity contribution is 9.10. The lowest BCUT2D eigenvalue weighted by Gasteiger charge is -2.03. The molecule has 4 nitrogen and oxygen atoms in total. The van der Waals surface area contributed by atoms with Crippen LogP contribution in [0.25, 0.3) is 0 Å². The lowest BCUT2D eigenvalue weighted by atomic mass is 10.4. The third kappa shape index (κ3) is 3.85. The number of hydrogen-bond donors (Lipinski definition) is 2. The maximum Gasteiger partial charge on any atom is 0.226 e. The standard InChI is InChI=1S/C9H12BrN3O/c1-11-4-3-9(14)13-8-6-7(10)2-5-12-8/h2,5-6,11H,3-4H2,1H3,(H,12,13,14). The van der Waals surface area contributed by atoms with Gasteiger partial charge in [-0.2, -0.15) is 0 Å². The number of amides is 1. The number of halogens is 1. The van der Waals surface area contributed by atoms with Crippen molar-refractivity contribution in [2.75, 3.05) is 18.9 Å². The van der Waals surface area contributed by atoms with Gasteiger partial charge in [0.25, 0.3) is 0 Å². The summed E-state index contributed by atoms with van der Waals surface area (Å²) < 4.78 is 0.899. The third-order valence-corrected chi connectivity index (χ3v) is 2.08. The number of aromatic nitrogens is 1. The first-order chi connectivity index (χ1) is 6.72. The smallest absolute Gasteiger partial charge is 0.226 e. The van der Waals surface area contributed by atoms with Gasteiger partial charge in [-0.15, -0.1) is 0 Å². The Morgan fingerprint density at radius 1 is 1.64 bits per heavy atom. The molecule has 0 saturated carbocycles. The monoisotopic (exact) mass is 257 g/mol. The van der Waals surface area contributed by atoms with E-state index in [0.717, 1.165) is 4.47 Å². The lowest BCUT2D eigenvalue weighted by Crippen LogP contribution is -2.19. The van der Waals surface area contributed by atoms with Crippen LogP contribution in [-0.2, 0) is 4.79 Å². The summed E-state index contributed by atoms with van der Waals surface area (Å²) in [4.78, 5) is 15.3. The van der Waals surface area contributed by atoms with Crippen molar-refractivity contribution in [3.8, 4) is 0 Å². The quantitative estimate of drug-likeness (QED) is 0.858. The Labute approximate surface area is 91.2 Å². The Morgan fingerprint density at radius 2 is 2.43 bits per heavy atom. The molecule has 1 amide bonds. The van der Waals surface area contributed by atoms with Crippen LogP contribution in [0.3, 0.4) is 0 Å². The topological polar surface area (TPSA) is 54.0 Å². The van der Waals surface area contributed by atoms with Gasteiger partial charge in [0.05, 0.1) is 0 Å². The zero-order chi connectivity index (χ0) is 10.4. The van der Waals surface area contributed by atoms with E-state index in [2.05, 4.69) is 31.5 Å². The van der Waals surface area contributed by atoms with Gasteiger partial charge in [0.2, 0.25) is 5.91 Å². The highest BCUT2D eigenvalue weighted by Crippen LogP contribution is 2.12. The fourth-order valence-corrected chi connectivity index (χ4v) is 1.25. The fourth-order valence-electron chi connectivity index (χ4n) is 0.917. The predicted octanol–water partition coefficient (Wildman–Crippen LogP) is 1.39. The van der Waals surface area contributed by atoms with Crippen LogP contribution in [0.5, 0.6) is 0 Å². The van der Waals surface area contributed by atoms with E-state index in [0.29, 0.717) is 18.8 Å². The second-order valence-electron chi connectivity index (χ2n) is 2.76. The largest absolute Gasteiger partial charge is 0.319 e. The number of pyridine rings is 1. The van der Waals surface area contributed by atoms with E-state index in [1.807, 2.05) is 13.1 Å². The minimum atomic E-state index is -0.0371. The zero-order valence-electron chi connectivity index (χ0n) is 7.88. The SMILES string of the molecule is CNCCC(=O)Nc1cc(Br)ccn1. The molecule has 0 aromatic carbocycles. The number of anilines is 1. The van der Waals surface area contributed by atoms with Crippen LogP contribution in [0.4, 0.5) is 5.82 Å². The van der Waals surface area contributed by atoms with E-state index in [9.17, 15) is 4.79 Å². The molecule has 5 heteroatoms. The summed E-state index contributed by atoms with van der Waals surface area (Å²) in [5, 5.41) is 5.60. The summed E-state index contributed by atoms with van der Waals surface area (Å²) in [7, 11) is 1.81. The molecule has 0 bridgehead atoms. The molecule has 0 aliphatic carbocycles. The number of hydrogen-bond acceptors (Lipinski definition) is 3. The number of carbonyl (C=O) groups is 1. The van der Waals surface area contributed by atoms with E-state index in [-0.39, 0.29) is 5.91 Å². The van der Waals surface area contributed by atoms with E-state index < -0.39 is 0 Å². The summed E-state index contributed by atoms with van der Waals surface area (Å²) in [6.07, 6.45) is 2.09. The van der Waals surface area contributed by atoms with Crippen molar-refractivity contribution in [1.29, 1.82) is 0 Å². The van der Waals surface area contributed by atoms with Gasteiger partial charge >= 0.3 is 0 Å². The van der Waals surface area contributed by atoms with Gasteiger partial charge in [-0.3, -0.25) is 4.79 Å². The van der Waals surface area contributed by atoms with Crippen LogP contribution in [-0.4, -0.2) is 24.5 Å². The number of nitrogens with one attached hydrogen (secondary N) is 2. The molecule has 0 fully saturated rings. The van der Waals surface area contributed by atoms with Gasteiger partial charge in [0.1, 0.15) is 5.82 Å². The van der Waals surface area contributed by atoms with E-state index in [4.69, 9.17) is 0 Å². The van der Waals surface area contributed by atoms with Gasteiger partial charge in [-0.05, 0) is 19.2 Å². The molecule has 0 spiro atoms. The molecular weight excluding hydrogens is 246 g/mol. The van der Waals surface area contributed by atoms with E-state index >= 15 is 0 Å². The van der Waals surface area contributed by atoms with Crippen molar-refractivity contribution in [2.24, 2.45) is 0 Å². The minimum absolute atomic E-state index is 0.0371. The maximum absolute atomic E-state index is 11.3. The molecular formula is C9H12BrN3O. The molecule has 0 atom stereocenters. The maximum atomic E-state index is 11.3. The van der Waals surface area contributed by atoms with Crippen LogP contribution >= 0.6 is 15.9 Å². The Kier molecular flexibility index (Phi) is 4.55. The van der Waals surface area contributed by atoms with Crippen LogP contribution in [0.1, 0.15) is 6.42 Å². The molecule has 0 radical (unpaired) electrons. The van der Waals surface area contributed by atoms with E-state index in [1.165, 1.54) is 0 Å². The van der Waals surface area contributed by atoms with Crippen LogP contribution in [0.15, 0.2) is 22.8 Å². The summed E-state index contributed by atoms with van der Waals surface area (Å²) in [6, 6.07) is 3.57. The lowest BCUT2D eigenvalue weighted by molar-refractivity contribution is -0.116.